The van der Waals surface area contributed by atoms with Gasteiger partial charge in [0.25, 0.3) is 0 Å². The zero-order valence-electron chi connectivity index (χ0n) is 7.76. The van der Waals surface area contributed by atoms with Crippen LogP contribution in [0.25, 0.3) is 16.3 Å². The third kappa shape index (κ3) is 1.45. The molecule has 4 nitrogen and oxygen atoms in total. The second-order valence-corrected chi connectivity index (χ2v) is 5.20. The summed E-state index contributed by atoms with van der Waals surface area (Å²) in [4.78, 5) is 4.97. The number of nitrogens with zero attached hydrogens (tertiary/aromatic N) is 4. The molecule has 0 aromatic carbocycles. The fourth-order valence-electron chi connectivity index (χ4n) is 1.41. The molecule has 0 atom stereocenters. The minimum atomic E-state index is 0.498. The van der Waals surface area contributed by atoms with E-state index in [1.165, 1.54) is 0 Å². The molecule has 0 saturated heterocycles. The molecule has 0 spiro atoms. The van der Waals surface area contributed by atoms with Crippen LogP contribution in [0.4, 0.5) is 0 Å². The van der Waals surface area contributed by atoms with Gasteiger partial charge >= 0.3 is 0 Å². The highest BCUT2D eigenvalue weighted by Crippen LogP contribution is 2.33. The molecule has 80 valence electrons. The van der Waals surface area contributed by atoms with E-state index in [2.05, 4.69) is 31.1 Å². The number of rotatable bonds is 1. The van der Waals surface area contributed by atoms with Crippen molar-refractivity contribution in [2.75, 3.05) is 0 Å². The van der Waals surface area contributed by atoms with E-state index in [0.717, 1.165) is 15.2 Å². The SMILES string of the molecule is Clc1cncc2nnc(-c3sccc3Br)n12. The van der Waals surface area contributed by atoms with Crippen molar-refractivity contribution in [2.45, 2.75) is 0 Å². The molecule has 0 fully saturated rings. The number of hydrogen-bond acceptors (Lipinski definition) is 4. The van der Waals surface area contributed by atoms with Crippen molar-refractivity contribution in [1.82, 2.24) is 19.6 Å². The van der Waals surface area contributed by atoms with Crippen LogP contribution in [0.5, 0.6) is 0 Å². The van der Waals surface area contributed by atoms with E-state index in [0.29, 0.717) is 10.8 Å². The van der Waals surface area contributed by atoms with E-state index < -0.39 is 0 Å². The molecular formula is C9H4BrClN4S. The maximum Gasteiger partial charge on any atom is 0.180 e. The first-order valence-electron chi connectivity index (χ1n) is 4.35. The molecule has 0 aliphatic rings. The van der Waals surface area contributed by atoms with Crippen molar-refractivity contribution in [3.8, 4) is 10.7 Å². The van der Waals surface area contributed by atoms with Gasteiger partial charge in [-0.1, -0.05) is 11.6 Å². The maximum absolute atomic E-state index is 6.08. The zero-order valence-corrected chi connectivity index (χ0v) is 10.9. The summed E-state index contributed by atoms with van der Waals surface area (Å²) in [6.07, 6.45) is 3.20. The molecule has 0 aliphatic heterocycles. The van der Waals surface area contributed by atoms with Gasteiger partial charge in [0.1, 0.15) is 5.15 Å². The molecule has 3 aromatic heterocycles. The molecule has 0 saturated carbocycles. The molecule has 3 heterocycles. The summed E-state index contributed by atoms with van der Waals surface area (Å²) in [5.41, 5.74) is 0.641. The Hall–Kier alpha value is -0.980. The van der Waals surface area contributed by atoms with Crippen LogP contribution in [-0.2, 0) is 0 Å². The highest BCUT2D eigenvalue weighted by molar-refractivity contribution is 9.10. The van der Waals surface area contributed by atoms with Crippen molar-refractivity contribution < 1.29 is 0 Å². The first-order valence-corrected chi connectivity index (χ1v) is 6.40. The van der Waals surface area contributed by atoms with Crippen molar-refractivity contribution in [3.05, 3.63) is 33.5 Å². The van der Waals surface area contributed by atoms with E-state index >= 15 is 0 Å². The quantitative estimate of drug-likeness (QED) is 0.692. The Morgan fingerprint density at radius 3 is 2.94 bits per heavy atom. The minimum Gasteiger partial charge on any atom is -0.262 e. The molecule has 0 aliphatic carbocycles. The van der Waals surface area contributed by atoms with E-state index in [1.54, 1.807) is 28.1 Å². The van der Waals surface area contributed by atoms with Crippen LogP contribution < -0.4 is 0 Å². The molecule has 7 heteroatoms. The molecular weight excluding hydrogens is 312 g/mol. The standard InChI is InChI=1S/C9H4BrClN4S/c10-5-1-2-16-8(5)9-14-13-7-4-12-3-6(11)15(7)9/h1-4H. The molecule has 3 aromatic rings. The lowest BCUT2D eigenvalue weighted by atomic mass is 10.4. The van der Waals surface area contributed by atoms with E-state index in [-0.39, 0.29) is 0 Å². The predicted octanol–water partition coefficient (Wildman–Crippen LogP) is 3.27. The molecule has 0 radical (unpaired) electrons. The Bertz CT molecular complexity index is 662. The van der Waals surface area contributed by atoms with Crippen LogP contribution in [0.2, 0.25) is 5.15 Å². The average Bonchev–Trinajstić information content (AvgIpc) is 2.84. The van der Waals surface area contributed by atoms with Crippen LogP contribution in [-0.4, -0.2) is 19.6 Å². The second-order valence-electron chi connectivity index (χ2n) is 3.04. The van der Waals surface area contributed by atoms with Crippen LogP contribution >= 0.6 is 38.9 Å². The van der Waals surface area contributed by atoms with Crippen LogP contribution in [0.3, 0.4) is 0 Å². The summed E-state index contributed by atoms with van der Waals surface area (Å²) in [5.74, 6) is 0.726. The lowest BCUT2D eigenvalue weighted by Gasteiger charge is -1.99. The minimum absolute atomic E-state index is 0.498. The highest BCUT2D eigenvalue weighted by Gasteiger charge is 2.14. The molecule has 0 N–H and O–H groups in total. The predicted molar refractivity (Wildman–Crippen MR) is 66.8 cm³/mol. The normalized spacial score (nSPS) is 11.1. The number of hydrogen-bond donors (Lipinski definition) is 0. The Morgan fingerprint density at radius 2 is 2.19 bits per heavy atom. The van der Waals surface area contributed by atoms with Crippen LogP contribution in [0.1, 0.15) is 0 Å². The van der Waals surface area contributed by atoms with Gasteiger partial charge in [-0.05, 0) is 27.4 Å². The molecule has 0 amide bonds. The Balaban J connectivity index is 2.37. The molecule has 0 bridgehead atoms. The van der Waals surface area contributed by atoms with Gasteiger partial charge < -0.3 is 0 Å². The van der Waals surface area contributed by atoms with Gasteiger partial charge in [0.05, 0.1) is 17.3 Å². The zero-order chi connectivity index (χ0) is 11.1. The third-order valence-electron chi connectivity index (χ3n) is 2.09. The molecule has 0 unspecified atom stereocenters. The summed E-state index contributed by atoms with van der Waals surface area (Å²) in [6, 6.07) is 1.97. The summed E-state index contributed by atoms with van der Waals surface area (Å²) in [5, 5.41) is 10.6. The van der Waals surface area contributed by atoms with Crippen molar-refractivity contribution in [1.29, 1.82) is 0 Å². The number of fused-ring (bicyclic) bond motifs is 1. The van der Waals surface area contributed by atoms with Crippen molar-refractivity contribution in [2.24, 2.45) is 0 Å². The molecule has 3 rings (SSSR count). The van der Waals surface area contributed by atoms with Crippen LogP contribution in [0, 0.1) is 0 Å². The third-order valence-corrected chi connectivity index (χ3v) is 4.19. The smallest absolute Gasteiger partial charge is 0.180 e. The average molecular weight is 316 g/mol. The molecule has 16 heavy (non-hydrogen) atoms. The summed E-state index contributed by atoms with van der Waals surface area (Å²) in [7, 11) is 0. The largest absolute Gasteiger partial charge is 0.262 e. The van der Waals surface area contributed by atoms with Gasteiger partial charge in [-0.3, -0.25) is 9.38 Å². The van der Waals surface area contributed by atoms with Crippen LogP contribution in [0.15, 0.2) is 28.3 Å². The van der Waals surface area contributed by atoms with Gasteiger partial charge in [-0.25, -0.2) is 0 Å². The summed E-state index contributed by atoms with van der Waals surface area (Å²) in [6.45, 7) is 0. The summed E-state index contributed by atoms with van der Waals surface area (Å²) >= 11 is 11.1. The topological polar surface area (TPSA) is 43.1 Å². The monoisotopic (exact) mass is 314 g/mol. The van der Waals surface area contributed by atoms with E-state index in [1.807, 2.05) is 11.4 Å². The van der Waals surface area contributed by atoms with Gasteiger partial charge in [-0.15, -0.1) is 21.5 Å². The van der Waals surface area contributed by atoms with Gasteiger partial charge in [0.15, 0.2) is 11.5 Å². The van der Waals surface area contributed by atoms with E-state index in [9.17, 15) is 0 Å². The summed E-state index contributed by atoms with van der Waals surface area (Å²) < 4.78 is 2.75. The van der Waals surface area contributed by atoms with Gasteiger partial charge in [0, 0.05) is 4.47 Å². The lowest BCUT2D eigenvalue weighted by Crippen LogP contribution is -1.91. The fraction of sp³-hybridized carbons (Fsp3) is 0. The number of aromatic nitrogens is 4. The Labute approximate surface area is 108 Å². The maximum atomic E-state index is 6.08. The fourth-order valence-corrected chi connectivity index (χ4v) is 3.16. The first kappa shape index (κ1) is 10.2. The Morgan fingerprint density at radius 1 is 1.31 bits per heavy atom. The Kier molecular flexibility index (Phi) is 2.42. The highest BCUT2D eigenvalue weighted by atomic mass is 79.9. The first-order chi connectivity index (χ1) is 7.77. The van der Waals surface area contributed by atoms with Crippen molar-refractivity contribution >= 4 is 44.5 Å². The van der Waals surface area contributed by atoms with Crippen molar-refractivity contribution in [3.63, 3.8) is 0 Å². The lowest BCUT2D eigenvalue weighted by molar-refractivity contribution is 1.12. The van der Waals surface area contributed by atoms with Gasteiger partial charge in [0.2, 0.25) is 0 Å². The second kappa shape index (κ2) is 3.80. The number of thiophene rings is 1. The number of halogens is 2. The van der Waals surface area contributed by atoms with E-state index in [4.69, 9.17) is 11.6 Å². The van der Waals surface area contributed by atoms with Gasteiger partial charge in [-0.2, -0.15) is 0 Å².